The van der Waals surface area contributed by atoms with E-state index in [0.717, 1.165) is 19.0 Å². The third-order valence-electron chi connectivity index (χ3n) is 4.80. The monoisotopic (exact) mass is 244 g/mol. The van der Waals surface area contributed by atoms with Gasteiger partial charge in [0.1, 0.15) is 0 Å². The summed E-state index contributed by atoms with van der Waals surface area (Å²) in [5.74, 6) is 0.816. The average Bonchev–Trinajstić information content (AvgIpc) is 2.41. The molecule has 2 nitrogen and oxygen atoms in total. The average molecular weight is 244 g/mol. The molecule has 0 bridgehead atoms. The number of fused-ring (bicyclic) bond motifs is 1. The van der Waals surface area contributed by atoms with Gasteiger partial charge in [0.15, 0.2) is 0 Å². The van der Waals surface area contributed by atoms with E-state index < -0.39 is 0 Å². The third-order valence-corrected chi connectivity index (χ3v) is 4.80. The molecule has 1 saturated heterocycles. The van der Waals surface area contributed by atoms with Crippen LogP contribution in [0.2, 0.25) is 0 Å². The first-order valence-corrected chi connectivity index (χ1v) is 7.35. The second-order valence-corrected chi connectivity index (χ2v) is 5.90. The van der Waals surface area contributed by atoms with Crippen molar-refractivity contribution in [2.45, 2.75) is 45.7 Å². The van der Waals surface area contributed by atoms with E-state index in [4.69, 9.17) is 0 Å². The first kappa shape index (κ1) is 12.0. The molecule has 1 aromatic carbocycles. The van der Waals surface area contributed by atoms with Crippen molar-refractivity contribution in [2.24, 2.45) is 5.92 Å². The van der Waals surface area contributed by atoms with Gasteiger partial charge in [-0.2, -0.15) is 0 Å². The molecule has 0 saturated carbocycles. The van der Waals surface area contributed by atoms with Gasteiger partial charge in [-0.15, -0.1) is 0 Å². The van der Waals surface area contributed by atoms with Crippen molar-refractivity contribution >= 4 is 5.69 Å². The second kappa shape index (κ2) is 4.93. The topological polar surface area (TPSA) is 15.3 Å². The number of rotatable bonds is 1. The summed E-state index contributed by atoms with van der Waals surface area (Å²) in [6.07, 6.45) is 3.91. The van der Waals surface area contributed by atoms with Gasteiger partial charge in [-0.1, -0.05) is 19.1 Å². The van der Waals surface area contributed by atoms with E-state index in [-0.39, 0.29) is 0 Å². The van der Waals surface area contributed by atoms with Gasteiger partial charge in [0, 0.05) is 24.8 Å². The van der Waals surface area contributed by atoms with Crippen LogP contribution < -0.4 is 10.2 Å². The Labute approximate surface area is 110 Å². The second-order valence-electron chi connectivity index (χ2n) is 5.90. The predicted octanol–water partition coefficient (Wildman–Crippen LogP) is 2.96. The Balaban J connectivity index is 1.96. The van der Waals surface area contributed by atoms with Crippen LogP contribution in [0.4, 0.5) is 5.69 Å². The normalized spacial score (nSPS) is 28.0. The van der Waals surface area contributed by atoms with Gasteiger partial charge < -0.3 is 10.2 Å². The lowest BCUT2D eigenvalue weighted by Crippen LogP contribution is -2.43. The highest BCUT2D eigenvalue weighted by atomic mass is 15.2. The molecule has 18 heavy (non-hydrogen) atoms. The molecule has 2 heteroatoms. The largest absolute Gasteiger partial charge is 0.368 e. The van der Waals surface area contributed by atoms with Crippen LogP contribution in [0.25, 0.3) is 0 Å². The molecule has 1 aromatic rings. The van der Waals surface area contributed by atoms with Crippen molar-refractivity contribution in [1.29, 1.82) is 0 Å². The lowest BCUT2D eigenvalue weighted by atomic mass is 9.89. The number of hydrogen-bond donors (Lipinski definition) is 1. The summed E-state index contributed by atoms with van der Waals surface area (Å²) < 4.78 is 0. The molecule has 0 radical (unpaired) electrons. The van der Waals surface area contributed by atoms with Gasteiger partial charge in [0.2, 0.25) is 0 Å². The van der Waals surface area contributed by atoms with Crippen LogP contribution >= 0.6 is 0 Å². The van der Waals surface area contributed by atoms with Gasteiger partial charge in [-0.25, -0.2) is 0 Å². The van der Waals surface area contributed by atoms with Crippen molar-refractivity contribution < 1.29 is 0 Å². The molecule has 2 atom stereocenters. The Kier molecular flexibility index (Phi) is 3.29. The molecule has 0 aromatic heterocycles. The van der Waals surface area contributed by atoms with Gasteiger partial charge in [0.25, 0.3) is 0 Å². The van der Waals surface area contributed by atoms with E-state index in [9.17, 15) is 0 Å². The highest BCUT2D eigenvalue weighted by Crippen LogP contribution is 2.33. The van der Waals surface area contributed by atoms with Crippen LogP contribution in [0.15, 0.2) is 18.2 Å². The molecule has 1 fully saturated rings. The van der Waals surface area contributed by atoms with Gasteiger partial charge in [0.05, 0.1) is 0 Å². The smallest absolute Gasteiger partial charge is 0.0405 e. The molecule has 98 valence electrons. The van der Waals surface area contributed by atoms with E-state index >= 15 is 0 Å². The number of nitrogens with one attached hydrogen (secondary N) is 1. The molecule has 2 aliphatic rings. The zero-order valence-electron chi connectivity index (χ0n) is 11.6. The van der Waals surface area contributed by atoms with E-state index in [1.54, 1.807) is 5.56 Å². The van der Waals surface area contributed by atoms with E-state index in [1.165, 1.54) is 37.1 Å². The van der Waals surface area contributed by atoms with Crippen molar-refractivity contribution in [3.63, 3.8) is 0 Å². The lowest BCUT2D eigenvalue weighted by molar-refractivity contribution is 0.362. The van der Waals surface area contributed by atoms with Crippen LogP contribution in [0.1, 0.15) is 37.8 Å². The molecule has 2 aliphatic heterocycles. The van der Waals surface area contributed by atoms with E-state index in [0.29, 0.717) is 6.04 Å². The number of piperidine rings is 1. The van der Waals surface area contributed by atoms with Crippen LogP contribution in [-0.2, 0) is 13.0 Å². The van der Waals surface area contributed by atoms with Crippen LogP contribution in [-0.4, -0.2) is 19.1 Å². The fraction of sp³-hybridized carbons (Fsp3) is 0.625. The van der Waals surface area contributed by atoms with Crippen LogP contribution in [0, 0.1) is 5.92 Å². The summed E-state index contributed by atoms with van der Waals surface area (Å²) in [5, 5.41) is 3.47. The standard InChI is InChI=1S/C16H24N2/c1-12-5-4-10-18(13(12)2)16-7-3-6-14-11-17-9-8-15(14)16/h3,6-7,12-13,17H,4-5,8-11H2,1-2H3. The molecular formula is C16H24N2. The van der Waals surface area contributed by atoms with Crippen molar-refractivity contribution in [3.8, 4) is 0 Å². The van der Waals surface area contributed by atoms with Gasteiger partial charge in [-0.3, -0.25) is 0 Å². The molecule has 1 N–H and O–H groups in total. The first-order chi connectivity index (χ1) is 8.77. The SMILES string of the molecule is CC1CCCN(c2cccc3c2CCNC3)C1C. The maximum absolute atomic E-state index is 3.47. The van der Waals surface area contributed by atoms with Crippen molar-refractivity contribution in [1.82, 2.24) is 5.32 Å². The van der Waals surface area contributed by atoms with Crippen LogP contribution in [0.5, 0.6) is 0 Å². The summed E-state index contributed by atoms with van der Waals surface area (Å²) in [6, 6.07) is 7.52. The molecule has 2 heterocycles. The van der Waals surface area contributed by atoms with Crippen molar-refractivity contribution in [3.05, 3.63) is 29.3 Å². The molecule has 3 rings (SSSR count). The minimum atomic E-state index is 0.681. The molecule has 0 amide bonds. The number of anilines is 1. The molecule has 0 aliphatic carbocycles. The molecule has 0 spiro atoms. The summed E-state index contributed by atoms with van der Waals surface area (Å²) >= 11 is 0. The zero-order chi connectivity index (χ0) is 12.5. The first-order valence-electron chi connectivity index (χ1n) is 7.35. The number of nitrogens with zero attached hydrogens (tertiary/aromatic N) is 1. The quantitative estimate of drug-likeness (QED) is 0.817. The molecular weight excluding hydrogens is 220 g/mol. The fourth-order valence-electron chi connectivity index (χ4n) is 3.46. The summed E-state index contributed by atoms with van der Waals surface area (Å²) in [6.45, 7) is 8.19. The van der Waals surface area contributed by atoms with E-state index in [2.05, 4.69) is 42.3 Å². The Morgan fingerprint density at radius 3 is 3.06 bits per heavy atom. The number of benzene rings is 1. The van der Waals surface area contributed by atoms with Gasteiger partial charge >= 0.3 is 0 Å². The lowest BCUT2D eigenvalue weighted by Gasteiger charge is -2.41. The minimum Gasteiger partial charge on any atom is -0.368 e. The Bertz CT molecular complexity index is 427. The summed E-state index contributed by atoms with van der Waals surface area (Å²) in [7, 11) is 0. The highest BCUT2D eigenvalue weighted by Gasteiger charge is 2.27. The zero-order valence-corrected chi connectivity index (χ0v) is 11.6. The third kappa shape index (κ3) is 2.03. The Hall–Kier alpha value is -1.02. The van der Waals surface area contributed by atoms with Gasteiger partial charge in [-0.05, 0) is 55.8 Å². The maximum Gasteiger partial charge on any atom is 0.0405 e. The highest BCUT2D eigenvalue weighted by molar-refractivity contribution is 5.58. The Morgan fingerprint density at radius 1 is 1.28 bits per heavy atom. The minimum absolute atomic E-state index is 0.681. The predicted molar refractivity (Wildman–Crippen MR) is 77.1 cm³/mol. The maximum atomic E-state index is 3.47. The Morgan fingerprint density at radius 2 is 2.17 bits per heavy atom. The van der Waals surface area contributed by atoms with Crippen molar-refractivity contribution in [2.75, 3.05) is 18.0 Å². The summed E-state index contributed by atoms with van der Waals surface area (Å²) in [5.41, 5.74) is 4.61. The fourth-order valence-corrected chi connectivity index (χ4v) is 3.46. The number of hydrogen-bond acceptors (Lipinski definition) is 2. The molecule has 2 unspecified atom stereocenters. The van der Waals surface area contributed by atoms with Crippen LogP contribution in [0.3, 0.4) is 0 Å². The van der Waals surface area contributed by atoms with E-state index in [1.807, 2.05) is 0 Å². The summed E-state index contributed by atoms with van der Waals surface area (Å²) in [4.78, 5) is 2.65.